The van der Waals surface area contributed by atoms with Crippen LogP contribution in [0.25, 0.3) is 0 Å². The van der Waals surface area contributed by atoms with Crippen LogP contribution >= 0.6 is 0 Å². The predicted octanol–water partition coefficient (Wildman–Crippen LogP) is 2.10. The summed E-state index contributed by atoms with van der Waals surface area (Å²) in [4.78, 5) is 10.9. The van der Waals surface area contributed by atoms with E-state index in [4.69, 9.17) is 5.11 Å². The fourth-order valence-electron chi connectivity index (χ4n) is 1.52. The first kappa shape index (κ1) is 12.6. The van der Waals surface area contributed by atoms with Crippen LogP contribution in [0.1, 0.15) is 25.3 Å². The summed E-state index contributed by atoms with van der Waals surface area (Å²) in [7, 11) is 0. The van der Waals surface area contributed by atoms with Crippen molar-refractivity contribution in [3.63, 3.8) is 0 Å². The molecular weight excluding hydrogens is 209 g/mol. The molecule has 0 aliphatic heterocycles. The summed E-state index contributed by atoms with van der Waals surface area (Å²) in [5.74, 6) is -0.704. The molecule has 0 heterocycles. The van der Waals surface area contributed by atoms with Gasteiger partial charge in [0.2, 0.25) is 5.91 Å². The Morgan fingerprint density at radius 2 is 2.19 bits per heavy atom. The zero-order chi connectivity index (χ0) is 12.0. The molecule has 2 N–H and O–H groups in total. The standard InChI is InChI=1S/C12H16FNO2/c1-9(16)14-12-10(5-2-3-8-15)6-4-7-11(12)13/h4,6-7,15H,2-3,5,8H2,1H3,(H,14,16). The van der Waals surface area contributed by atoms with E-state index in [1.807, 2.05) is 0 Å². The van der Waals surface area contributed by atoms with Gasteiger partial charge in [0.15, 0.2) is 0 Å². The van der Waals surface area contributed by atoms with Crippen LogP contribution in [0.3, 0.4) is 0 Å². The number of aliphatic hydroxyl groups is 1. The van der Waals surface area contributed by atoms with E-state index in [9.17, 15) is 9.18 Å². The molecule has 1 aromatic rings. The van der Waals surface area contributed by atoms with Crippen LogP contribution in [0.4, 0.5) is 10.1 Å². The average molecular weight is 225 g/mol. The summed E-state index contributed by atoms with van der Waals surface area (Å²) < 4.78 is 13.5. The molecule has 1 aromatic carbocycles. The first-order chi connectivity index (χ1) is 7.65. The molecular formula is C12H16FNO2. The summed E-state index contributed by atoms with van der Waals surface area (Å²) in [5.41, 5.74) is 1.02. The number of nitrogens with one attached hydrogen (secondary N) is 1. The largest absolute Gasteiger partial charge is 0.396 e. The molecule has 88 valence electrons. The fraction of sp³-hybridized carbons (Fsp3) is 0.417. The summed E-state index contributed by atoms with van der Waals surface area (Å²) in [6.45, 7) is 1.48. The van der Waals surface area contributed by atoms with Gasteiger partial charge in [-0.15, -0.1) is 0 Å². The lowest BCUT2D eigenvalue weighted by molar-refractivity contribution is -0.114. The third-order valence-corrected chi connectivity index (χ3v) is 2.26. The van der Waals surface area contributed by atoms with Gasteiger partial charge in [0.1, 0.15) is 5.82 Å². The summed E-state index contributed by atoms with van der Waals surface area (Å²) in [6.07, 6.45) is 2.09. The van der Waals surface area contributed by atoms with Crippen LogP contribution in [0, 0.1) is 5.82 Å². The molecule has 1 amide bonds. The van der Waals surface area contributed by atoms with E-state index in [2.05, 4.69) is 5.32 Å². The number of aryl methyl sites for hydroxylation is 1. The van der Waals surface area contributed by atoms with Crippen molar-refractivity contribution in [3.05, 3.63) is 29.6 Å². The Hall–Kier alpha value is -1.42. The second-order valence-corrected chi connectivity index (χ2v) is 3.64. The van der Waals surface area contributed by atoms with Crippen molar-refractivity contribution < 1.29 is 14.3 Å². The minimum Gasteiger partial charge on any atom is -0.396 e. The van der Waals surface area contributed by atoms with E-state index in [-0.39, 0.29) is 18.2 Å². The van der Waals surface area contributed by atoms with E-state index >= 15 is 0 Å². The Morgan fingerprint density at radius 3 is 2.81 bits per heavy atom. The summed E-state index contributed by atoms with van der Waals surface area (Å²) in [5, 5.41) is 11.2. The van der Waals surface area contributed by atoms with Gasteiger partial charge in [0.25, 0.3) is 0 Å². The van der Waals surface area contributed by atoms with Gasteiger partial charge in [-0.1, -0.05) is 12.1 Å². The Kier molecular flexibility index (Phi) is 4.92. The maximum Gasteiger partial charge on any atom is 0.221 e. The Bertz CT molecular complexity index is 366. The molecule has 0 atom stereocenters. The third-order valence-electron chi connectivity index (χ3n) is 2.26. The molecule has 0 aromatic heterocycles. The second kappa shape index (κ2) is 6.23. The highest BCUT2D eigenvalue weighted by atomic mass is 19.1. The van der Waals surface area contributed by atoms with E-state index < -0.39 is 5.82 Å². The average Bonchev–Trinajstić information content (AvgIpc) is 2.23. The predicted molar refractivity (Wildman–Crippen MR) is 60.7 cm³/mol. The minimum atomic E-state index is -0.420. The van der Waals surface area contributed by atoms with Crippen molar-refractivity contribution in [2.24, 2.45) is 0 Å². The van der Waals surface area contributed by atoms with E-state index in [1.54, 1.807) is 12.1 Å². The first-order valence-corrected chi connectivity index (χ1v) is 5.31. The zero-order valence-electron chi connectivity index (χ0n) is 9.29. The number of hydrogen-bond acceptors (Lipinski definition) is 2. The van der Waals surface area contributed by atoms with E-state index in [0.717, 1.165) is 12.0 Å². The van der Waals surface area contributed by atoms with Gasteiger partial charge >= 0.3 is 0 Å². The first-order valence-electron chi connectivity index (χ1n) is 5.31. The molecule has 1 rings (SSSR count). The lowest BCUT2D eigenvalue weighted by Crippen LogP contribution is -2.10. The maximum atomic E-state index is 13.5. The molecule has 0 spiro atoms. The summed E-state index contributed by atoms with van der Waals surface area (Å²) >= 11 is 0. The SMILES string of the molecule is CC(=O)Nc1c(F)cccc1CCCCO. The van der Waals surface area contributed by atoms with Crippen LogP contribution in [-0.4, -0.2) is 17.6 Å². The molecule has 0 radical (unpaired) electrons. The third kappa shape index (κ3) is 3.62. The number of hydrogen-bond donors (Lipinski definition) is 2. The lowest BCUT2D eigenvalue weighted by atomic mass is 10.1. The number of halogens is 1. The Morgan fingerprint density at radius 1 is 1.44 bits per heavy atom. The second-order valence-electron chi connectivity index (χ2n) is 3.64. The number of carbonyl (C=O) groups excluding carboxylic acids is 1. The molecule has 0 saturated heterocycles. The van der Waals surface area contributed by atoms with Crippen LogP contribution < -0.4 is 5.32 Å². The number of anilines is 1. The highest BCUT2D eigenvalue weighted by Gasteiger charge is 2.09. The Labute approximate surface area is 94.3 Å². The van der Waals surface area contributed by atoms with Gasteiger partial charge in [-0.05, 0) is 30.9 Å². The molecule has 0 bridgehead atoms. The quantitative estimate of drug-likeness (QED) is 0.754. The smallest absolute Gasteiger partial charge is 0.221 e. The molecule has 4 heteroatoms. The van der Waals surface area contributed by atoms with Crippen molar-refractivity contribution in [1.29, 1.82) is 0 Å². The molecule has 0 aliphatic carbocycles. The van der Waals surface area contributed by atoms with Crippen molar-refractivity contribution in [2.75, 3.05) is 11.9 Å². The van der Waals surface area contributed by atoms with Crippen molar-refractivity contribution in [1.82, 2.24) is 0 Å². The molecule has 0 aliphatic rings. The van der Waals surface area contributed by atoms with Crippen LogP contribution in [0.2, 0.25) is 0 Å². The lowest BCUT2D eigenvalue weighted by Gasteiger charge is -2.10. The number of aliphatic hydroxyl groups excluding tert-OH is 1. The normalized spacial score (nSPS) is 10.2. The highest BCUT2D eigenvalue weighted by Crippen LogP contribution is 2.21. The van der Waals surface area contributed by atoms with Crippen LogP contribution in [0.15, 0.2) is 18.2 Å². The monoisotopic (exact) mass is 225 g/mol. The van der Waals surface area contributed by atoms with Gasteiger partial charge < -0.3 is 10.4 Å². The molecule has 3 nitrogen and oxygen atoms in total. The van der Waals surface area contributed by atoms with E-state index in [1.165, 1.54) is 13.0 Å². The van der Waals surface area contributed by atoms with Crippen molar-refractivity contribution in [3.8, 4) is 0 Å². The molecule has 16 heavy (non-hydrogen) atoms. The van der Waals surface area contributed by atoms with Gasteiger partial charge in [0.05, 0.1) is 5.69 Å². The molecule has 0 unspecified atom stereocenters. The number of unbranched alkanes of at least 4 members (excludes halogenated alkanes) is 1. The van der Waals surface area contributed by atoms with Crippen molar-refractivity contribution >= 4 is 11.6 Å². The van der Waals surface area contributed by atoms with Crippen LogP contribution in [-0.2, 0) is 11.2 Å². The summed E-state index contributed by atoms with van der Waals surface area (Å²) in [6, 6.07) is 4.72. The number of amides is 1. The van der Waals surface area contributed by atoms with Gasteiger partial charge in [-0.2, -0.15) is 0 Å². The van der Waals surface area contributed by atoms with E-state index in [0.29, 0.717) is 12.8 Å². The van der Waals surface area contributed by atoms with Gasteiger partial charge in [-0.25, -0.2) is 4.39 Å². The molecule has 0 saturated carbocycles. The Balaban J connectivity index is 2.80. The zero-order valence-corrected chi connectivity index (χ0v) is 9.29. The van der Waals surface area contributed by atoms with Gasteiger partial charge in [-0.3, -0.25) is 4.79 Å². The maximum absolute atomic E-state index is 13.5. The number of carbonyl (C=O) groups is 1. The van der Waals surface area contributed by atoms with Crippen molar-refractivity contribution in [2.45, 2.75) is 26.2 Å². The van der Waals surface area contributed by atoms with Gasteiger partial charge in [0, 0.05) is 13.5 Å². The van der Waals surface area contributed by atoms with Crippen LogP contribution in [0.5, 0.6) is 0 Å². The highest BCUT2D eigenvalue weighted by molar-refractivity contribution is 5.89. The number of benzene rings is 1. The number of para-hydroxylation sites is 1. The minimum absolute atomic E-state index is 0.130. The molecule has 0 fully saturated rings. The topological polar surface area (TPSA) is 49.3 Å². The fourth-order valence-corrected chi connectivity index (χ4v) is 1.52. The number of rotatable bonds is 5.